The molecule has 0 spiro atoms. The van der Waals surface area contributed by atoms with E-state index >= 15 is 0 Å². The number of hydrogen-bond acceptors (Lipinski definition) is 5. The molecule has 1 unspecified atom stereocenters. The van der Waals surface area contributed by atoms with Crippen LogP contribution in [-0.2, 0) is 19.2 Å². The number of nitrogen functional groups attached to an aromatic ring is 1. The van der Waals surface area contributed by atoms with E-state index in [0.29, 0.717) is 24.2 Å². The molecule has 0 bridgehead atoms. The summed E-state index contributed by atoms with van der Waals surface area (Å²) in [5.41, 5.74) is 6.58. The van der Waals surface area contributed by atoms with Gasteiger partial charge in [0.1, 0.15) is 11.9 Å². The minimum atomic E-state index is -1.67. The van der Waals surface area contributed by atoms with Gasteiger partial charge in [-0.25, -0.2) is 4.79 Å². The number of hydrogen-bond donors (Lipinski definition) is 4. The lowest BCUT2D eigenvalue weighted by molar-refractivity contribution is -0.149. The van der Waals surface area contributed by atoms with E-state index in [-0.39, 0.29) is 18.2 Å². The first-order valence-electron chi connectivity index (χ1n) is 8.19. The SMILES string of the molecule is C=C[C@H](NC(=O)CC1CCN(c2ccc(C(=N)N)cc2)C1=O)C(=O)C(=O)O. The lowest BCUT2D eigenvalue weighted by atomic mass is 10.0. The fourth-order valence-electron chi connectivity index (χ4n) is 2.83. The van der Waals surface area contributed by atoms with Crippen molar-refractivity contribution in [1.29, 1.82) is 5.41 Å². The van der Waals surface area contributed by atoms with Gasteiger partial charge in [0.2, 0.25) is 11.8 Å². The van der Waals surface area contributed by atoms with E-state index in [1.165, 1.54) is 4.90 Å². The second-order valence-electron chi connectivity index (χ2n) is 6.09. The summed E-state index contributed by atoms with van der Waals surface area (Å²) in [5, 5.41) is 18.4. The molecule has 2 amide bonds. The fraction of sp³-hybridized carbons (Fsp3) is 0.278. The first kappa shape index (κ1) is 19.8. The number of ketones is 1. The number of anilines is 1. The van der Waals surface area contributed by atoms with Gasteiger partial charge in [0.25, 0.3) is 5.78 Å². The van der Waals surface area contributed by atoms with Crippen LogP contribution >= 0.6 is 0 Å². The molecule has 1 aromatic carbocycles. The van der Waals surface area contributed by atoms with Crippen LogP contribution < -0.4 is 16.0 Å². The van der Waals surface area contributed by atoms with Crippen LogP contribution in [-0.4, -0.2) is 47.1 Å². The van der Waals surface area contributed by atoms with Crippen LogP contribution in [0.15, 0.2) is 36.9 Å². The van der Waals surface area contributed by atoms with Crippen molar-refractivity contribution < 1.29 is 24.3 Å². The normalized spacial score (nSPS) is 17.3. The van der Waals surface area contributed by atoms with Crippen molar-refractivity contribution in [2.24, 2.45) is 11.7 Å². The lowest BCUT2D eigenvalue weighted by Crippen LogP contribution is -2.43. The molecule has 2 rings (SSSR count). The summed E-state index contributed by atoms with van der Waals surface area (Å²) in [6.07, 6.45) is 1.33. The summed E-state index contributed by atoms with van der Waals surface area (Å²) in [6, 6.07) is 5.29. The molecule has 1 aliphatic heterocycles. The van der Waals surface area contributed by atoms with Crippen LogP contribution in [0.5, 0.6) is 0 Å². The van der Waals surface area contributed by atoms with Crippen LogP contribution in [0.4, 0.5) is 5.69 Å². The Kier molecular flexibility index (Phi) is 6.07. The highest BCUT2D eigenvalue weighted by atomic mass is 16.4. The third-order valence-electron chi connectivity index (χ3n) is 4.28. The maximum atomic E-state index is 12.6. The second-order valence-corrected chi connectivity index (χ2v) is 6.09. The van der Waals surface area contributed by atoms with Crippen molar-refractivity contribution >= 4 is 35.1 Å². The molecule has 27 heavy (non-hydrogen) atoms. The quantitative estimate of drug-likeness (QED) is 0.219. The first-order valence-corrected chi connectivity index (χ1v) is 8.19. The molecule has 5 N–H and O–H groups in total. The number of nitrogens with zero attached hydrogens (tertiary/aromatic N) is 1. The average Bonchev–Trinajstić information content (AvgIpc) is 2.99. The zero-order valence-electron chi connectivity index (χ0n) is 14.5. The van der Waals surface area contributed by atoms with Gasteiger partial charge in [0, 0.05) is 30.1 Å². The van der Waals surface area contributed by atoms with Crippen molar-refractivity contribution in [3.8, 4) is 0 Å². The van der Waals surface area contributed by atoms with E-state index < -0.39 is 29.6 Å². The highest BCUT2D eigenvalue weighted by Crippen LogP contribution is 2.27. The van der Waals surface area contributed by atoms with Gasteiger partial charge in [-0.2, -0.15) is 0 Å². The third-order valence-corrected chi connectivity index (χ3v) is 4.28. The van der Waals surface area contributed by atoms with Crippen LogP contribution in [0.2, 0.25) is 0 Å². The number of carboxylic acid groups (broad SMARTS) is 1. The Bertz CT molecular complexity index is 802. The van der Waals surface area contributed by atoms with Gasteiger partial charge in [-0.1, -0.05) is 6.08 Å². The van der Waals surface area contributed by atoms with Gasteiger partial charge < -0.3 is 21.1 Å². The Morgan fingerprint density at radius 3 is 2.52 bits per heavy atom. The Morgan fingerprint density at radius 1 is 1.37 bits per heavy atom. The van der Waals surface area contributed by atoms with E-state index in [1.54, 1.807) is 24.3 Å². The minimum Gasteiger partial charge on any atom is -0.475 e. The van der Waals surface area contributed by atoms with Crippen LogP contribution in [0.25, 0.3) is 0 Å². The summed E-state index contributed by atoms with van der Waals surface area (Å²) in [4.78, 5) is 48.3. The van der Waals surface area contributed by atoms with Gasteiger partial charge in [-0.3, -0.25) is 19.8 Å². The Hall–Kier alpha value is -3.49. The third kappa shape index (κ3) is 4.57. The number of benzene rings is 1. The number of Topliss-reactive ketones (excluding diaryl/α,β-unsaturated/α-hetero) is 1. The van der Waals surface area contributed by atoms with Gasteiger partial charge in [0.15, 0.2) is 0 Å². The molecule has 2 atom stereocenters. The molecule has 1 heterocycles. The van der Waals surface area contributed by atoms with Gasteiger partial charge in [0.05, 0.1) is 0 Å². The highest BCUT2D eigenvalue weighted by molar-refractivity contribution is 6.35. The van der Waals surface area contributed by atoms with Crippen LogP contribution in [0.1, 0.15) is 18.4 Å². The highest BCUT2D eigenvalue weighted by Gasteiger charge is 2.34. The number of nitrogens with two attached hydrogens (primary N) is 1. The summed E-state index contributed by atoms with van der Waals surface area (Å²) < 4.78 is 0. The number of carbonyl (C=O) groups is 4. The maximum absolute atomic E-state index is 12.6. The maximum Gasteiger partial charge on any atom is 0.374 e. The Labute approximate surface area is 155 Å². The van der Waals surface area contributed by atoms with Crippen molar-refractivity contribution in [2.45, 2.75) is 18.9 Å². The second kappa shape index (κ2) is 8.26. The molecular weight excluding hydrogens is 352 g/mol. The summed E-state index contributed by atoms with van der Waals surface area (Å²) in [6.45, 7) is 3.76. The van der Waals surface area contributed by atoms with Crippen molar-refractivity contribution in [3.05, 3.63) is 42.5 Å². The number of amidine groups is 1. The fourth-order valence-corrected chi connectivity index (χ4v) is 2.83. The smallest absolute Gasteiger partial charge is 0.374 e. The zero-order valence-corrected chi connectivity index (χ0v) is 14.5. The summed E-state index contributed by atoms with van der Waals surface area (Å²) in [5.74, 6) is -4.33. The van der Waals surface area contributed by atoms with E-state index in [4.69, 9.17) is 16.2 Å². The molecule has 0 aromatic heterocycles. The van der Waals surface area contributed by atoms with Crippen molar-refractivity contribution in [1.82, 2.24) is 5.32 Å². The zero-order chi connectivity index (χ0) is 20.1. The van der Waals surface area contributed by atoms with Gasteiger partial charge in [-0.15, -0.1) is 6.58 Å². The number of rotatable bonds is 8. The molecule has 0 aliphatic carbocycles. The number of aliphatic carboxylic acids is 1. The number of carbonyl (C=O) groups excluding carboxylic acids is 3. The van der Waals surface area contributed by atoms with Crippen LogP contribution in [0, 0.1) is 11.3 Å². The average molecular weight is 372 g/mol. The first-order chi connectivity index (χ1) is 12.7. The van der Waals surface area contributed by atoms with Gasteiger partial charge in [-0.05, 0) is 30.7 Å². The van der Waals surface area contributed by atoms with Crippen molar-refractivity contribution in [3.63, 3.8) is 0 Å². The molecule has 0 radical (unpaired) electrons. The summed E-state index contributed by atoms with van der Waals surface area (Å²) >= 11 is 0. The lowest BCUT2D eigenvalue weighted by Gasteiger charge is -2.17. The van der Waals surface area contributed by atoms with E-state index in [1.807, 2.05) is 0 Å². The standard InChI is InChI=1S/C18H20N4O5/c1-2-13(15(24)18(26)27)21-14(23)9-11-7-8-22(17(11)25)12-5-3-10(4-6-12)16(19)20/h2-6,11,13H,1,7-9H2,(H3,19,20)(H,21,23)(H,26,27)/t11?,13-/m0/s1. The number of nitrogens with one attached hydrogen (secondary N) is 2. The number of carboxylic acids is 1. The molecule has 142 valence electrons. The molecule has 1 fully saturated rings. The molecule has 0 saturated carbocycles. The van der Waals surface area contributed by atoms with Gasteiger partial charge >= 0.3 is 5.97 Å². The molecular formula is C18H20N4O5. The minimum absolute atomic E-state index is 0.0727. The molecule has 1 aromatic rings. The van der Waals surface area contributed by atoms with E-state index in [0.717, 1.165) is 6.08 Å². The molecule has 1 saturated heterocycles. The Balaban J connectivity index is 1.99. The largest absolute Gasteiger partial charge is 0.475 e. The van der Waals surface area contributed by atoms with E-state index in [2.05, 4.69) is 11.9 Å². The Morgan fingerprint density at radius 2 is 2.00 bits per heavy atom. The van der Waals surface area contributed by atoms with Crippen molar-refractivity contribution in [2.75, 3.05) is 11.4 Å². The predicted molar refractivity (Wildman–Crippen MR) is 97.3 cm³/mol. The predicted octanol–water partition coefficient (Wildman–Crippen LogP) is 0.0382. The van der Waals surface area contributed by atoms with Crippen LogP contribution in [0.3, 0.4) is 0 Å². The monoisotopic (exact) mass is 372 g/mol. The molecule has 9 heteroatoms. The topological polar surface area (TPSA) is 154 Å². The van der Waals surface area contributed by atoms with E-state index in [9.17, 15) is 19.2 Å². The molecule has 1 aliphatic rings. The molecule has 9 nitrogen and oxygen atoms in total. The number of amides is 2. The summed E-state index contributed by atoms with van der Waals surface area (Å²) in [7, 11) is 0.